The van der Waals surface area contributed by atoms with Gasteiger partial charge in [0.2, 0.25) is 0 Å². The van der Waals surface area contributed by atoms with E-state index in [4.69, 9.17) is 5.73 Å². The zero-order valence-electron chi connectivity index (χ0n) is 7.97. The first-order valence-electron chi connectivity index (χ1n) is 4.19. The van der Waals surface area contributed by atoms with E-state index < -0.39 is 0 Å². The second kappa shape index (κ2) is 4.07. The normalized spacial score (nSPS) is 12.6. The third-order valence-electron chi connectivity index (χ3n) is 2.09. The van der Waals surface area contributed by atoms with Crippen LogP contribution in [0.3, 0.4) is 0 Å². The van der Waals surface area contributed by atoms with Crippen LogP contribution in [0.15, 0.2) is 34.8 Å². The maximum atomic E-state index is 5.94. The summed E-state index contributed by atoms with van der Waals surface area (Å²) in [7, 11) is 0. The van der Waals surface area contributed by atoms with Crippen LogP contribution in [0, 0.1) is 6.92 Å². The van der Waals surface area contributed by atoms with Gasteiger partial charge in [0.15, 0.2) is 0 Å². The van der Waals surface area contributed by atoms with Gasteiger partial charge in [0.1, 0.15) is 0 Å². The molecule has 1 nitrogen and oxygen atoms in total. The maximum Gasteiger partial charge on any atom is 0.0506 e. The Labute approximate surface area is 87.8 Å². The molecule has 70 valence electrons. The van der Waals surface area contributed by atoms with Crippen LogP contribution in [0.5, 0.6) is 0 Å². The molecule has 1 unspecified atom stereocenters. The van der Waals surface area contributed by atoms with Crippen molar-refractivity contribution in [3.63, 3.8) is 0 Å². The first kappa shape index (κ1) is 10.5. The number of hydrogen-bond donors (Lipinski definition) is 1. The van der Waals surface area contributed by atoms with Crippen molar-refractivity contribution in [2.24, 2.45) is 5.73 Å². The molecule has 0 bridgehead atoms. The molecule has 0 aliphatic rings. The summed E-state index contributed by atoms with van der Waals surface area (Å²) in [6.07, 6.45) is 0. The third-order valence-corrected chi connectivity index (χ3v) is 2.94. The van der Waals surface area contributed by atoms with E-state index in [-0.39, 0.29) is 6.04 Å². The molecule has 0 aliphatic heterocycles. The highest BCUT2D eigenvalue weighted by Gasteiger charge is 2.06. The summed E-state index contributed by atoms with van der Waals surface area (Å²) in [6.45, 7) is 7.84. The van der Waals surface area contributed by atoms with E-state index in [9.17, 15) is 0 Å². The minimum Gasteiger partial charge on any atom is -0.321 e. The van der Waals surface area contributed by atoms with Gasteiger partial charge >= 0.3 is 0 Å². The van der Waals surface area contributed by atoms with Crippen LogP contribution in [-0.2, 0) is 0 Å². The molecule has 0 spiro atoms. The van der Waals surface area contributed by atoms with Crippen molar-refractivity contribution >= 4 is 15.9 Å². The van der Waals surface area contributed by atoms with Crippen LogP contribution in [0.1, 0.15) is 24.1 Å². The Morgan fingerprint density at radius 2 is 2.15 bits per heavy atom. The molecule has 0 radical (unpaired) electrons. The number of nitrogens with two attached hydrogens (primary N) is 1. The van der Waals surface area contributed by atoms with Crippen molar-refractivity contribution in [2.45, 2.75) is 19.9 Å². The van der Waals surface area contributed by atoms with Gasteiger partial charge in [-0.3, -0.25) is 0 Å². The van der Waals surface area contributed by atoms with E-state index >= 15 is 0 Å². The Morgan fingerprint density at radius 1 is 1.54 bits per heavy atom. The molecule has 0 fully saturated rings. The lowest BCUT2D eigenvalue weighted by molar-refractivity contribution is 0.849. The van der Waals surface area contributed by atoms with Gasteiger partial charge < -0.3 is 5.73 Å². The highest BCUT2D eigenvalue weighted by Crippen LogP contribution is 2.23. The Kier molecular flexibility index (Phi) is 3.28. The summed E-state index contributed by atoms with van der Waals surface area (Å²) in [5.41, 5.74) is 9.24. The molecule has 1 atom stereocenters. The molecule has 0 heterocycles. The number of hydrogen-bond acceptors (Lipinski definition) is 1. The first-order valence-corrected chi connectivity index (χ1v) is 4.98. The maximum absolute atomic E-state index is 5.94. The number of halogens is 1. The molecule has 0 saturated carbocycles. The lowest BCUT2D eigenvalue weighted by Gasteiger charge is -2.12. The molecule has 13 heavy (non-hydrogen) atoms. The third kappa shape index (κ3) is 2.42. The Bertz CT molecular complexity index is 331. The average molecular weight is 240 g/mol. The van der Waals surface area contributed by atoms with E-state index in [0.717, 1.165) is 15.6 Å². The predicted octanol–water partition coefficient (Wildman–Crippen LogP) is 3.33. The minimum absolute atomic E-state index is 0.0584. The molecule has 0 saturated heterocycles. The summed E-state index contributed by atoms with van der Waals surface area (Å²) in [6, 6.07) is 6.09. The summed E-state index contributed by atoms with van der Waals surface area (Å²) in [5.74, 6) is 0. The SMILES string of the molecule is C=C(C)C(N)c1ccc(C)c(Br)c1. The molecule has 1 aromatic carbocycles. The van der Waals surface area contributed by atoms with Crippen molar-refractivity contribution in [3.05, 3.63) is 46.0 Å². The molecular formula is C11H14BrN. The van der Waals surface area contributed by atoms with Gasteiger partial charge in [0, 0.05) is 4.47 Å². The Hall–Kier alpha value is -0.600. The summed E-state index contributed by atoms with van der Waals surface area (Å²) < 4.78 is 1.10. The van der Waals surface area contributed by atoms with Gasteiger partial charge in [-0.15, -0.1) is 0 Å². The molecule has 2 heteroatoms. The number of aryl methyl sites for hydroxylation is 1. The van der Waals surface area contributed by atoms with Gasteiger partial charge in [0.25, 0.3) is 0 Å². The van der Waals surface area contributed by atoms with Gasteiger partial charge in [0.05, 0.1) is 6.04 Å². The van der Waals surface area contributed by atoms with Gasteiger partial charge in [-0.05, 0) is 31.0 Å². The Morgan fingerprint density at radius 3 is 2.62 bits per heavy atom. The van der Waals surface area contributed by atoms with Crippen molar-refractivity contribution in [1.29, 1.82) is 0 Å². The van der Waals surface area contributed by atoms with Gasteiger partial charge in [-0.25, -0.2) is 0 Å². The lowest BCUT2D eigenvalue weighted by atomic mass is 10.0. The zero-order valence-corrected chi connectivity index (χ0v) is 9.56. The van der Waals surface area contributed by atoms with Crippen molar-refractivity contribution in [2.75, 3.05) is 0 Å². The number of benzene rings is 1. The van der Waals surface area contributed by atoms with E-state index in [1.807, 2.05) is 13.0 Å². The van der Waals surface area contributed by atoms with E-state index in [1.165, 1.54) is 5.56 Å². The van der Waals surface area contributed by atoms with E-state index in [0.29, 0.717) is 0 Å². The molecular weight excluding hydrogens is 226 g/mol. The van der Waals surface area contributed by atoms with Crippen molar-refractivity contribution in [3.8, 4) is 0 Å². The second-order valence-electron chi connectivity index (χ2n) is 3.33. The molecule has 1 rings (SSSR count). The molecule has 1 aromatic rings. The summed E-state index contributed by atoms with van der Waals surface area (Å²) in [5, 5.41) is 0. The van der Waals surface area contributed by atoms with Crippen molar-refractivity contribution < 1.29 is 0 Å². The summed E-state index contributed by atoms with van der Waals surface area (Å²) >= 11 is 3.48. The van der Waals surface area contributed by atoms with Crippen LogP contribution in [0.2, 0.25) is 0 Å². The van der Waals surface area contributed by atoms with E-state index in [2.05, 4.69) is 41.6 Å². The molecule has 0 amide bonds. The molecule has 0 aliphatic carbocycles. The fraction of sp³-hybridized carbons (Fsp3) is 0.273. The topological polar surface area (TPSA) is 26.0 Å². The summed E-state index contributed by atoms with van der Waals surface area (Å²) in [4.78, 5) is 0. The number of rotatable bonds is 2. The fourth-order valence-electron chi connectivity index (χ4n) is 1.09. The smallest absolute Gasteiger partial charge is 0.0506 e. The van der Waals surface area contributed by atoms with Crippen LogP contribution in [0.25, 0.3) is 0 Å². The van der Waals surface area contributed by atoms with Crippen LogP contribution < -0.4 is 5.73 Å². The molecule has 0 aromatic heterocycles. The van der Waals surface area contributed by atoms with Gasteiger partial charge in [-0.2, -0.15) is 0 Å². The largest absolute Gasteiger partial charge is 0.321 e. The fourth-order valence-corrected chi connectivity index (χ4v) is 1.48. The standard InChI is InChI=1S/C11H14BrN/c1-7(2)11(13)9-5-4-8(3)10(12)6-9/h4-6,11H,1,13H2,2-3H3. The molecule has 2 N–H and O–H groups in total. The predicted molar refractivity (Wildman–Crippen MR) is 60.6 cm³/mol. The monoisotopic (exact) mass is 239 g/mol. The van der Waals surface area contributed by atoms with Crippen LogP contribution in [-0.4, -0.2) is 0 Å². The second-order valence-corrected chi connectivity index (χ2v) is 4.19. The average Bonchev–Trinajstić information content (AvgIpc) is 2.08. The zero-order chi connectivity index (χ0) is 10.0. The highest BCUT2D eigenvalue weighted by atomic mass is 79.9. The lowest BCUT2D eigenvalue weighted by Crippen LogP contribution is -2.10. The van der Waals surface area contributed by atoms with E-state index in [1.54, 1.807) is 0 Å². The highest BCUT2D eigenvalue weighted by molar-refractivity contribution is 9.10. The first-order chi connectivity index (χ1) is 6.02. The van der Waals surface area contributed by atoms with Crippen LogP contribution in [0.4, 0.5) is 0 Å². The Balaban J connectivity index is 3.03. The van der Waals surface area contributed by atoms with Gasteiger partial charge in [-0.1, -0.05) is 40.2 Å². The minimum atomic E-state index is -0.0584. The van der Waals surface area contributed by atoms with Crippen LogP contribution >= 0.6 is 15.9 Å². The quantitative estimate of drug-likeness (QED) is 0.788. The van der Waals surface area contributed by atoms with Crippen molar-refractivity contribution in [1.82, 2.24) is 0 Å².